The van der Waals surface area contributed by atoms with Crippen molar-refractivity contribution in [1.29, 1.82) is 0 Å². The van der Waals surface area contributed by atoms with Crippen LogP contribution < -0.4 is 19.5 Å². The molecular formula is C22H26N2O3. The van der Waals surface area contributed by atoms with Crippen LogP contribution in [0.1, 0.15) is 11.1 Å². The topological polar surface area (TPSA) is 55.5 Å². The van der Waals surface area contributed by atoms with E-state index in [-0.39, 0.29) is 0 Å². The number of rotatable bonds is 9. The molecule has 3 rings (SSSR count). The second-order valence-corrected chi connectivity index (χ2v) is 6.35. The van der Waals surface area contributed by atoms with Gasteiger partial charge in [-0.25, -0.2) is 0 Å². The van der Waals surface area contributed by atoms with Gasteiger partial charge in [0.1, 0.15) is 0 Å². The number of hydrogen-bond acceptors (Lipinski definition) is 4. The fourth-order valence-corrected chi connectivity index (χ4v) is 3.26. The van der Waals surface area contributed by atoms with Crippen molar-refractivity contribution < 1.29 is 14.2 Å². The summed E-state index contributed by atoms with van der Waals surface area (Å²) in [5, 5.41) is 4.69. The molecule has 0 aliphatic heterocycles. The van der Waals surface area contributed by atoms with E-state index in [1.807, 2.05) is 18.2 Å². The van der Waals surface area contributed by atoms with Crippen molar-refractivity contribution >= 4 is 10.9 Å². The summed E-state index contributed by atoms with van der Waals surface area (Å²) in [5.74, 6) is 1.90. The third kappa shape index (κ3) is 4.19. The molecule has 0 saturated heterocycles. The molecule has 0 spiro atoms. The maximum atomic E-state index is 5.41. The summed E-state index contributed by atoms with van der Waals surface area (Å²) in [6.45, 7) is 4.98. The maximum absolute atomic E-state index is 5.41. The molecule has 0 bridgehead atoms. The number of methoxy groups -OCH3 is 3. The van der Waals surface area contributed by atoms with Gasteiger partial charge >= 0.3 is 0 Å². The summed E-state index contributed by atoms with van der Waals surface area (Å²) in [6, 6.07) is 12.2. The highest BCUT2D eigenvalue weighted by Gasteiger charge is 2.13. The van der Waals surface area contributed by atoms with Gasteiger partial charge in [0.05, 0.1) is 21.3 Å². The van der Waals surface area contributed by atoms with Crippen molar-refractivity contribution in [3.63, 3.8) is 0 Å². The van der Waals surface area contributed by atoms with Gasteiger partial charge in [0, 0.05) is 35.8 Å². The van der Waals surface area contributed by atoms with Crippen molar-refractivity contribution in [2.45, 2.75) is 12.8 Å². The average Bonchev–Trinajstić information content (AvgIpc) is 3.10. The van der Waals surface area contributed by atoms with E-state index >= 15 is 0 Å². The van der Waals surface area contributed by atoms with Gasteiger partial charge in [0.15, 0.2) is 11.5 Å². The number of H-pyrrole nitrogens is 1. The van der Waals surface area contributed by atoms with Gasteiger partial charge in [0.25, 0.3) is 0 Å². The van der Waals surface area contributed by atoms with Crippen LogP contribution in [-0.4, -0.2) is 32.9 Å². The van der Waals surface area contributed by atoms with Crippen molar-refractivity contribution in [3.05, 3.63) is 66.0 Å². The zero-order valence-corrected chi connectivity index (χ0v) is 16.1. The fourth-order valence-electron chi connectivity index (χ4n) is 3.26. The SMILES string of the molecule is C=C(Cc1cc(OC)c(OC)c(OC)c1)NCCc1c[nH]c2ccccc12. The Hall–Kier alpha value is -3.08. The summed E-state index contributed by atoms with van der Waals surface area (Å²) in [7, 11) is 4.84. The van der Waals surface area contributed by atoms with Crippen LogP contribution in [0.4, 0.5) is 0 Å². The zero-order valence-electron chi connectivity index (χ0n) is 16.1. The van der Waals surface area contributed by atoms with Crippen LogP contribution in [0.25, 0.3) is 10.9 Å². The Kier molecular flexibility index (Phi) is 5.91. The predicted octanol–water partition coefficient (Wildman–Crippen LogP) is 4.08. The van der Waals surface area contributed by atoms with E-state index in [4.69, 9.17) is 14.2 Å². The van der Waals surface area contributed by atoms with Crippen molar-refractivity contribution in [2.75, 3.05) is 27.9 Å². The Morgan fingerprint density at radius 3 is 2.41 bits per heavy atom. The quantitative estimate of drug-likeness (QED) is 0.599. The number of para-hydroxylation sites is 1. The van der Waals surface area contributed by atoms with Gasteiger partial charge in [-0.2, -0.15) is 0 Å². The molecule has 0 unspecified atom stereocenters. The summed E-state index contributed by atoms with van der Waals surface area (Å²) in [5.41, 5.74) is 4.47. The smallest absolute Gasteiger partial charge is 0.203 e. The number of hydrogen-bond donors (Lipinski definition) is 2. The molecule has 142 valence electrons. The summed E-state index contributed by atoms with van der Waals surface area (Å²) in [4.78, 5) is 3.31. The zero-order chi connectivity index (χ0) is 19.2. The molecule has 5 heteroatoms. The van der Waals surface area contributed by atoms with E-state index in [1.165, 1.54) is 16.5 Å². The van der Waals surface area contributed by atoms with Crippen LogP contribution in [0.2, 0.25) is 0 Å². The molecule has 0 atom stereocenters. The van der Waals surface area contributed by atoms with Crippen LogP contribution >= 0.6 is 0 Å². The lowest BCUT2D eigenvalue weighted by Gasteiger charge is -2.15. The fraction of sp³-hybridized carbons (Fsp3) is 0.273. The number of benzene rings is 2. The molecule has 1 heterocycles. The monoisotopic (exact) mass is 366 g/mol. The first-order valence-electron chi connectivity index (χ1n) is 8.91. The highest BCUT2D eigenvalue weighted by atomic mass is 16.5. The summed E-state index contributed by atoms with van der Waals surface area (Å²) in [6.07, 6.45) is 3.69. The molecule has 3 aromatic rings. The second-order valence-electron chi connectivity index (χ2n) is 6.35. The van der Waals surface area contributed by atoms with Crippen molar-refractivity contribution in [2.24, 2.45) is 0 Å². The van der Waals surface area contributed by atoms with Crippen LogP contribution in [0, 0.1) is 0 Å². The van der Waals surface area contributed by atoms with Crippen molar-refractivity contribution in [1.82, 2.24) is 10.3 Å². The van der Waals surface area contributed by atoms with Crippen molar-refractivity contribution in [3.8, 4) is 17.2 Å². The average molecular weight is 366 g/mol. The van der Waals surface area contributed by atoms with Crippen LogP contribution in [0.15, 0.2) is 54.9 Å². The molecule has 0 aliphatic carbocycles. The number of aromatic amines is 1. The summed E-state index contributed by atoms with van der Waals surface area (Å²) >= 11 is 0. The Morgan fingerprint density at radius 2 is 1.74 bits per heavy atom. The molecule has 0 fully saturated rings. The number of nitrogens with one attached hydrogen (secondary N) is 2. The first kappa shape index (κ1) is 18.7. The van der Waals surface area contributed by atoms with E-state index in [0.29, 0.717) is 23.7 Å². The van der Waals surface area contributed by atoms with Gasteiger partial charge in [-0.3, -0.25) is 0 Å². The number of ether oxygens (including phenoxy) is 3. The molecule has 1 aromatic heterocycles. The minimum absolute atomic E-state index is 0.599. The van der Waals surface area contributed by atoms with E-state index in [2.05, 4.69) is 41.3 Å². The first-order valence-corrected chi connectivity index (χ1v) is 8.91. The number of allylic oxidation sites excluding steroid dienone is 1. The molecule has 27 heavy (non-hydrogen) atoms. The lowest BCUT2D eigenvalue weighted by Crippen LogP contribution is -2.17. The summed E-state index contributed by atoms with van der Waals surface area (Å²) < 4.78 is 16.2. The van der Waals surface area contributed by atoms with Crippen LogP contribution in [-0.2, 0) is 12.8 Å². The van der Waals surface area contributed by atoms with Crippen LogP contribution in [0.3, 0.4) is 0 Å². The highest BCUT2D eigenvalue weighted by molar-refractivity contribution is 5.83. The van der Waals surface area contributed by atoms with E-state index in [1.54, 1.807) is 21.3 Å². The van der Waals surface area contributed by atoms with Crippen LogP contribution in [0.5, 0.6) is 17.2 Å². The standard InChI is InChI=1S/C22H26N2O3/c1-15(11-16-12-20(25-2)22(27-4)21(13-16)26-3)23-10-9-17-14-24-19-8-6-5-7-18(17)19/h5-8,12-14,23-24H,1,9-11H2,2-4H3. The first-order chi connectivity index (χ1) is 13.2. The third-order valence-corrected chi connectivity index (χ3v) is 4.59. The maximum Gasteiger partial charge on any atom is 0.203 e. The molecular weight excluding hydrogens is 340 g/mol. The molecule has 0 aliphatic rings. The largest absolute Gasteiger partial charge is 0.493 e. The lowest BCUT2D eigenvalue weighted by molar-refractivity contribution is 0.324. The van der Waals surface area contributed by atoms with E-state index in [0.717, 1.165) is 24.2 Å². The van der Waals surface area contributed by atoms with Gasteiger partial charge in [-0.15, -0.1) is 0 Å². The van der Waals surface area contributed by atoms with Gasteiger partial charge < -0.3 is 24.5 Å². The predicted molar refractivity (Wildman–Crippen MR) is 109 cm³/mol. The normalized spacial score (nSPS) is 10.6. The molecule has 2 N–H and O–H groups in total. The van der Waals surface area contributed by atoms with Gasteiger partial charge in [-0.1, -0.05) is 24.8 Å². The second kappa shape index (κ2) is 8.54. The minimum Gasteiger partial charge on any atom is -0.493 e. The Bertz CT molecular complexity index is 905. The molecule has 5 nitrogen and oxygen atoms in total. The number of fused-ring (bicyclic) bond motifs is 1. The molecule has 0 saturated carbocycles. The van der Waals surface area contributed by atoms with Gasteiger partial charge in [-0.05, 0) is 35.7 Å². The van der Waals surface area contributed by atoms with E-state index in [9.17, 15) is 0 Å². The number of aromatic nitrogens is 1. The Labute approximate surface area is 159 Å². The van der Waals surface area contributed by atoms with Gasteiger partial charge in [0.2, 0.25) is 5.75 Å². The molecule has 0 radical (unpaired) electrons. The Morgan fingerprint density at radius 1 is 1.04 bits per heavy atom. The molecule has 0 amide bonds. The molecule has 2 aromatic carbocycles. The Balaban J connectivity index is 1.61. The lowest BCUT2D eigenvalue weighted by atomic mass is 10.1. The highest BCUT2D eigenvalue weighted by Crippen LogP contribution is 2.38. The minimum atomic E-state index is 0.599. The van der Waals surface area contributed by atoms with E-state index < -0.39 is 0 Å². The third-order valence-electron chi connectivity index (χ3n) is 4.59.